The van der Waals surface area contributed by atoms with E-state index in [9.17, 15) is 4.79 Å². The molecule has 0 radical (unpaired) electrons. The third kappa shape index (κ3) is 4.03. The van der Waals surface area contributed by atoms with Crippen molar-refractivity contribution >= 4 is 28.9 Å². The molecule has 0 aromatic heterocycles. The second kappa shape index (κ2) is 8.29. The van der Waals surface area contributed by atoms with Crippen molar-refractivity contribution in [1.82, 2.24) is 0 Å². The number of hydrogen-bond acceptors (Lipinski definition) is 5. The van der Waals surface area contributed by atoms with E-state index in [-0.39, 0.29) is 5.91 Å². The van der Waals surface area contributed by atoms with Gasteiger partial charge >= 0.3 is 0 Å². The number of carbonyl (C=O) groups is 1. The van der Waals surface area contributed by atoms with E-state index in [1.165, 1.54) is 7.11 Å². The number of hydrogen-bond donors (Lipinski definition) is 1. The van der Waals surface area contributed by atoms with Crippen LogP contribution >= 0.6 is 11.6 Å². The van der Waals surface area contributed by atoms with Gasteiger partial charge in [-0.1, -0.05) is 11.6 Å². The summed E-state index contributed by atoms with van der Waals surface area (Å²) in [4.78, 5) is 15.0. The number of halogens is 1. The summed E-state index contributed by atoms with van der Waals surface area (Å²) in [5.41, 5.74) is 1.96. The van der Waals surface area contributed by atoms with Crippen LogP contribution in [0.5, 0.6) is 11.5 Å². The average Bonchev–Trinajstić information content (AvgIpc) is 2.68. The lowest BCUT2D eigenvalue weighted by atomic mass is 10.1. The highest BCUT2D eigenvalue weighted by molar-refractivity contribution is 6.31. The SMILES string of the molecule is COc1ccc(N2CCOCC2)c(NC(=O)c2cc(Cl)ccc2OC)c1. The number of nitrogens with zero attached hydrogens (tertiary/aromatic N) is 1. The van der Waals surface area contributed by atoms with E-state index in [4.69, 9.17) is 25.8 Å². The third-order valence-corrected chi connectivity index (χ3v) is 4.44. The van der Waals surface area contributed by atoms with Gasteiger partial charge in [-0.25, -0.2) is 0 Å². The maximum atomic E-state index is 12.8. The molecule has 1 amide bonds. The number of methoxy groups -OCH3 is 2. The fourth-order valence-electron chi connectivity index (χ4n) is 2.87. The van der Waals surface area contributed by atoms with Gasteiger partial charge in [0.05, 0.1) is 44.4 Å². The Kier molecular flexibility index (Phi) is 5.85. The van der Waals surface area contributed by atoms with Crippen molar-refractivity contribution in [2.75, 3.05) is 50.7 Å². The van der Waals surface area contributed by atoms with Crippen molar-refractivity contribution in [3.63, 3.8) is 0 Å². The first kappa shape index (κ1) is 18.4. The standard InChI is InChI=1S/C19H21ClN2O4/c1-24-14-4-5-17(22-7-9-26-10-8-22)16(12-14)21-19(23)15-11-13(20)3-6-18(15)25-2/h3-6,11-12H,7-10H2,1-2H3,(H,21,23). The molecule has 3 rings (SSSR count). The first-order valence-corrected chi connectivity index (χ1v) is 8.66. The molecule has 1 N–H and O–H groups in total. The fraction of sp³-hybridized carbons (Fsp3) is 0.316. The number of rotatable bonds is 5. The van der Waals surface area contributed by atoms with Gasteiger partial charge in [0.25, 0.3) is 5.91 Å². The van der Waals surface area contributed by atoms with Crippen LogP contribution in [0.15, 0.2) is 36.4 Å². The summed E-state index contributed by atoms with van der Waals surface area (Å²) in [6, 6.07) is 10.6. The fourth-order valence-corrected chi connectivity index (χ4v) is 3.04. The Bertz CT molecular complexity index is 791. The van der Waals surface area contributed by atoms with Crippen LogP contribution in [0, 0.1) is 0 Å². The minimum absolute atomic E-state index is 0.299. The Morgan fingerprint density at radius 3 is 2.58 bits per heavy atom. The molecule has 0 saturated carbocycles. The molecule has 1 aliphatic heterocycles. The van der Waals surface area contributed by atoms with E-state index in [0.717, 1.165) is 18.8 Å². The largest absolute Gasteiger partial charge is 0.497 e. The van der Waals surface area contributed by atoms with Crippen LogP contribution < -0.4 is 19.7 Å². The predicted octanol–water partition coefficient (Wildman–Crippen LogP) is 3.45. The smallest absolute Gasteiger partial charge is 0.259 e. The highest BCUT2D eigenvalue weighted by atomic mass is 35.5. The molecular weight excluding hydrogens is 356 g/mol. The zero-order chi connectivity index (χ0) is 18.5. The van der Waals surface area contributed by atoms with Gasteiger partial charge in [-0.15, -0.1) is 0 Å². The summed E-state index contributed by atoms with van der Waals surface area (Å²) >= 11 is 6.04. The molecule has 0 spiro atoms. The Morgan fingerprint density at radius 2 is 1.88 bits per heavy atom. The zero-order valence-corrected chi connectivity index (χ0v) is 15.5. The number of carbonyl (C=O) groups excluding carboxylic acids is 1. The molecule has 1 fully saturated rings. The van der Waals surface area contributed by atoms with E-state index in [1.807, 2.05) is 12.1 Å². The monoisotopic (exact) mass is 376 g/mol. The zero-order valence-electron chi connectivity index (χ0n) is 14.8. The number of amides is 1. The van der Waals surface area contributed by atoms with E-state index in [2.05, 4.69) is 10.2 Å². The quantitative estimate of drug-likeness (QED) is 0.866. The molecule has 1 aliphatic rings. The average molecular weight is 377 g/mol. The van der Waals surface area contributed by atoms with Crippen LogP contribution in [0.25, 0.3) is 0 Å². The molecule has 0 aliphatic carbocycles. The topological polar surface area (TPSA) is 60.0 Å². The number of benzene rings is 2. The molecular formula is C19H21ClN2O4. The summed E-state index contributed by atoms with van der Waals surface area (Å²) in [5.74, 6) is 0.824. The second-order valence-corrected chi connectivity index (χ2v) is 6.22. The van der Waals surface area contributed by atoms with Crippen molar-refractivity contribution in [2.24, 2.45) is 0 Å². The first-order valence-electron chi connectivity index (χ1n) is 8.28. The van der Waals surface area contributed by atoms with Crippen LogP contribution in [0.3, 0.4) is 0 Å². The van der Waals surface area contributed by atoms with Gasteiger partial charge in [-0.05, 0) is 30.3 Å². The Morgan fingerprint density at radius 1 is 1.12 bits per heavy atom. The molecule has 6 nitrogen and oxygen atoms in total. The van der Waals surface area contributed by atoms with Crippen LogP contribution in [-0.4, -0.2) is 46.4 Å². The van der Waals surface area contributed by atoms with Crippen LogP contribution in [-0.2, 0) is 4.74 Å². The molecule has 2 aromatic carbocycles. The normalized spacial score (nSPS) is 14.0. The van der Waals surface area contributed by atoms with Crippen LogP contribution in [0.2, 0.25) is 5.02 Å². The number of anilines is 2. The maximum Gasteiger partial charge on any atom is 0.259 e. The number of nitrogens with one attached hydrogen (secondary N) is 1. The molecule has 7 heteroatoms. The Balaban J connectivity index is 1.92. The van der Waals surface area contributed by atoms with E-state index in [1.54, 1.807) is 31.4 Å². The van der Waals surface area contributed by atoms with Crippen molar-refractivity contribution in [3.05, 3.63) is 47.0 Å². The van der Waals surface area contributed by atoms with Crippen molar-refractivity contribution < 1.29 is 19.0 Å². The lowest BCUT2D eigenvalue weighted by molar-refractivity contribution is 0.102. The van der Waals surface area contributed by atoms with E-state index in [0.29, 0.717) is 41.0 Å². The first-order chi connectivity index (χ1) is 12.6. The van der Waals surface area contributed by atoms with Crippen LogP contribution in [0.4, 0.5) is 11.4 Å². The maximum absolute atomic E-state index is 12.8. The van der Waals surface area contributed by atoms with Crippen LogP contribution in [0.1, 0.15) is 10.4 Å². The lowest BCUT2D eigenvalue weighted by Crippen LogP contribution is -2.36. The summed E-state index contributed by atoms with van der Waals surface area (Å²) in [6.07, 6.45) is 0. The molecule has 0 atom stereocenters. The number of morpholine rings is 1. The Labute approximate surface area is 157 Å². The van der Waals surface area contributed by atoms with Gasteiger partial charge in [0.1, 0.15) is 11.5 Å². The minimum Gasteiger partial charge on any atom is -0.497 e. The van der Waals surface area contributed by atoms with Gasteiger partial charge in [-0.3, -0.25) is 4.79 Å². The molecule has 26 heavy (non-hydrogen) atoms. The van der Waals surface area contributed by atoms with Gasteiger partial charge in [0, 0.05) is 24.2 Å². The molecule has 1 saturated heterocycles. The molecule has 1 heterocycles. The summed E-state index contributed by atoms with van der Waals surface area (Å²) in [5, 5.41) is 3.43. The molecule has 0 bridgehead atoms. The summed E-state index contributed by atoms with van der Waals surface area (Å²) < 4.78 is 16.0. The third-order valence-electron chi connectivity index (χ3n) is 4.21. The predicted molar refractivity (Wildman–Crippen MR) is 102 cm³/mol. The number of ether oxygens (including phenoxy) is 3. The van der Waals surface area contributed by atoms with E-state index >= 15 is 0 Å². The second-order valence-electron chi connectivity index (χ2n) is 5.78. The van der Waals surface area contributed by atoms with E-state index < -0.39 is 0 Å². The lowest BCUT2D eigenvalue weighted by Gasteiger charge is -2.30. The van der Waals surface area contributed by atoms with Gasteiger partial charge in [-0.2, -0.15) is 0 Å². The molecule has 2 aromatic rings. The highest BCUT2D eigenvalue weighted by Crippen LogP contribution is 2.32. The van der Waals surface area contributed by atoms with Crippen molar-refractivity contribution in [1.29, 1.82) is 0 Å². The molecule has 138 valence electrons. The Hall–Kier alpha value is -2.44. The van der Waals surface area contributed by atoms with Gasteiger partial charge in [0.2, 0.25) is 0 Å². The minimum atomic E-state index is -0.299. The van der Waals surface area contributed by atoms with Crippen molar-refractivity contribution in [2.45, 2.75) is 0 Å². The van der Waals surface area contributed by atoms with Gasteiger partial charge < -0.3 is 24.4 Å². The van der Waals surface area contributed by atoms with Crippen molar-refractivity contribution in [3.8, 4) is 11.5 Å². The molecule has 0 unspecified atom stereocenters. The summed E-state index contributed by atoms with van der Waals surface area (Å²) in [6.45, 7) is 2.83. The summed E-state index contributed by atoms with van der Waals surface area (Å²) in [7, 11) is 3.11. The highest BCUT2D eigenvalue weighted by Gasteiger charge is 2.19. The van der Waals surface area contributed by atoms with Gasteiger partial charge in [0.15, 0.2) is 0 Å².